The molecule has 0 aromatic heterocycles. The first kappa shape index (κ1) is 16.7. The Bertz CT molecular complexity index is 801. The lowest BCUT2D eigenvalue weighted by atomic mass is 9.88. The van der Waals surface area contributed by atoms with Crippen LogP contribution in [0.25, 0.3) is 0 Å². The van der Waals surface area contributed by atoms with E-state index in [1.807, 2.05) is 6.07 Å². The third kappa shape index (κ3) is 3.69. The third-order valence-corrected chi connectivity index (χ3v) is 4.42. The first-order valence-electron chi connectivity index (χ1n) is 8.23. The van der Waals surface area contributed by atoms with E-state index < -0.39 is 11.4 Å². The van der Waals surface area contributed by atoms with Crippen molar-refractivity contribution in [3.63, 3.8) is 0 Å². The van der Waals surface area contributed by atoms with Crippen LogP contribution in [0, 0.1) is 16.7 Å². The van der Waals surface area contributed by atoms with Crippen LogP contribution in [-0.2, 0) is 4.79 Å². The molecular weight excluding hydrogens is 316 g/mol. The van der Waals surface area contributed by atoms with Crippen molar-refractivity contribution in [2.45, 2.75) is 25.7 Å². The van der Waals surface area contributed by atoms with Gasteiger partial charge in [-0.05, 0) is 49.2 Å². The van der Waals surface area contributed by atoms with Gasteiger partial charge in [-0.3, -0.25) is 4.79 Å². The van der Waals surface area contributed by atoms with Crippen LogP contribution in [0.4, 0.5) is 5.69 Å². The summed E-state index contributed by atoms with van der Waals surface area (Å²) in [5, 5.41) is 12.1. The summed E-state index contributed by atoms with van der Waals surface area (Å²) >= 11 is 0. The van der Waals surface area contributed by atoms with E-state index >= 15 is 0 Å². The molecule has 1 fully saturated rings. The predicted octanol–water partition coefficient (Wildman–Crippen LogP) is 3.93. The minimum absolute atomic E-state index is 0.209. The molecule has 1 amide bonds. The van der Waals surface area contributed by atoms with Gasteiger partial charge in [0.2, 0.25) is 0 Å². The molecule has 3 rings (SSSR count). The molecule has 1 N–H and O–H groups in total. The van der Waals surface area contributed by atoms with E-state index in [0.29, 0.717) is 29.8 Å². The van der Waals surface area contributed by atoms with E-state index in [4.69, 9.17) is 4.74 Å². The highest BCUT2D eigenvalue weighted by Gasteiger charge is 2.43. The van der Waals surface area contributed by atoms with Gasteiger partial charge < -0.3 is 10.1 Å². The number of nitrogens with zero attached hydrogens (tertiary/aromatic N) is 1. The smallest absolute Gasteiger partial charge is 0.331 e. The highest BCUT2D eigenvalue weighted by Crippen LogP contribution is 2.38. The molecule has 1 aliphatic carbocycles. The van der Waals surface area contributed by atoms with Crippen LogP contribution in [0.1, 0.15) is 36.0 Å². The van der Waals surface area contributed by atoms with Crippen molar-refractivity contribution in [1.82, 2.24) is 0 Å². The topological polar surface area (TPSA) is 79.2 Å². The van der Waals surface area contributed by atoms with Crippen molar-refractivity contribution >= 4 is 17.6 Å². The molecule has 126 valence electrons. The minimum Gasteiger partial charge on any atom is -0.425 e. The number of nitriles is 1. The number of ether oxygens (including phenoxy) is 1. The van der Waals surface area contributed by atoms with Crippen LogP contribution in [-0.4, -0.2) is 11.9 Å². The van der Waals surface area contributed by atoms with Gasteiger partial charge in [0.1, 0.15) is 5.75 Å². The summed E-state index contributed by atoms with van der Waals surface area (Å²) in [6, 6.07) is 17.6. The number of carbonyl (C=O) groups excluding carboxylic acids is 2. The summed E-state index contributed by atoms with van der Waals surface area (Å²) in [6.07, 6.45) is 2.83. The highest BCUT2D eigenvalue weighted by atomic mass is 16.5. The summed E-state index contributed by atoms with van der Waals surface area (Å²) in [7, 11) is 0. The second-order valence-electron chi connectivity index (χ2n) is 6.14. The molecular formula is C20H18N2O3. The number of hydrogen-bond acceptors (Lipinski definition) is 4. The molecule has 1 aliphatic rings. The van der Waals surface area contributed by atoms with Crippen molar-refractivity contribution < 1.29 is 14.3 Å². The maximum atomic E-state index is 12.3. The molecule has 0 spiro atoms. The van der Waals surface area contributed by atoms with Crippen molar-refractivity contribution in [1.29, 1.82) is 5.26 Å². The Kier molecular flexibility index (Phi) is 4.80. The zero-order valence-electron chi connectivity index (χ0n) is 13.7. The Balaban J connectivity index is 1.64. The molecule has 0 saturated heterocycles. The SMILES string of the molecule is N#CC1(C(=O)Oc2ccc(NC(=O)c3ccccc3)cc2)CCCC1. The Morgan fingerprint density at radius 3 is 2.24 bits per heavy atom. The molecule has 5 nitrogen and oxygen atoms in total. The van der Waals surface area contributed by atoms with E-state index in [9.17, 15) is 14.9 Å². The van der Waals surface area contributed by atoms with Crippen LogP contribution in [0.2, 0.25) is 0 Å². The van der Waals surface area contributed by atoms with Gasteiger partial charge in [0.25, 0.3) is 5.91 Å². The van der Waals surface area contributed by atoms with Crippen molar-refractivity contribution in [3.8, 4) is 11.8 Å². The van der Waals surface area contributed by atoms with Gasteiger partial charge in [-0.15, -0.1) is 0 Å². The van der Waals surface area contributed by atoms with Gasteiger partial charge >= 0.3 is 5.97 Å². The van der Waals surface area contributed by atoms with Crippen molar-refractivity contribution in [2.24, 2.45) is 5.41 Å². The lowest BCUT2D eigenvalue weighted by molar-refractivity contribution is -0.142. The van der Waals surface area contributed by atoms with Crippen LogP contribution < -0.4 is 10.1 Å². The van der Waals surface area contributed by atoms with Crippen molar-refractivity contribution in [2.75, 3.05) is 5.32 Å². The fourth-order valence-electron chi connectivity index (χ4n) is 2.94. The number of anilines is 1. The van der Waals surface area contributed by atoms with Gasteiger partial charge in [0.15, 0.2) is 5.41 Å². The maximum Gasteiger partial charge on any atom is 0.331 e. The molecule has 1 saturated carbocycles. The van der Waals surface area contributed by atoms with E-state index in [1.165, 1.54) is 0 Å². The molecule has 5 heteroatoms. The summed E-state index contributed by atoms with van der Waals surface area (Å²) < 4.78 is 5.36. The molecule has 2 aromatic carbocycles. The average molecular weight is 334 g/mol. The molecule has 0 radical (unpaired) electrons. The molecule has 25 heavy (non-hydrogen) atoms. The van der Waals surface area contributed by atoms with E-state index in [0.717, 1.165) is 12.8 Å². The molecule has 2 aromatic rings. The largest absolute Gasteiger partial charge is 0.425 e. The Morgan fingerprint density at radius 2 is 1.64 bits per heavy atom. The number of rotatable bonds is 4. The fraction of sp³-hybridized carbons (Fsp3) is 0.250. The monoisotopic (exact) mass is 334 g/mol. The lowest BCUT2D eigenvalue weighted by Gasteiger charge is -2.18. The molecule has 0 unspecified atom stereocenters. The van der Waals surface area contributed by atoms with E-state index in [1.54, 1.807) is 48.5 Å². The zero-order chi connectivity index (χ0) is 17.7. The van der Waals surface area contributed by atoms with Crippen LogP contribution >= 0.6 is 0 Å². The number of hydrogen-bond donors (Lipinski definition) is 1. The van der Waals surface area contributed by atoms with Gasteiger partial charge in [0.05, 0.1) is 6.07 Å². The molecule has 0 atom stereocenters. The normalized spacial score (nSPS) is 15.2. The first-order valence-corrected chi connectivity index (χ1v) is 8.23. The quantitative estimate of drug-likeness (QED) is 0.679. The standard InChI is InChI=1S/C20H18N2O3/c21-14-20(12-4-5-13-20)19(24)25-17-10-8-16(9-11-17)22-18(23)15-6-2-1-3-7-15/h1-3,6-11H,4-5,12-13H2,(H,22,23). The molecule has 0 heterocycles. The van der Waals surface area contributed by atoms with Gasteiger partial charge in [-0.25, -0.2) is 4.79 Å². The Morgan fingerprint density at radius 1 is 1.00 bits per heavy atom. The van der Waals surface area contributed by atoms with Gasteiger partial charge in [-0.2, -0.15) is 5.26 Å². The van der Waals surface area contributed by atoms with Gasteiger partial charge in [0, 0.05) is 11.3 Å². The first-order chi connectivity index (χ1) is 12.1. The van der Waals surface area contributed by atoms with Crippen LogP contribution in [0.15, 0.2) is 54.6 Å². The predicted molar refractivity (Wildman–Crippen MR) is 93.0 cm³/mol. The van der Waals surface area contributed by atoms with E-state index in [-0.39, 0.29) is 5.91 Å². The molecule has 0 aliphatic heterocycles. The summed E-state index contributed by atoms with van der Waals surface area (Å²) in [4.78, 5) is 24.4. The van der Waals surface area contributed by atoms with Crippen LogP contribution in [0.3, 0.4) is 0 Å². The fourth-order valence-corrected chi connectivity index (χ4v) is 2.94. The zero-order valence-corrected chi connectivity index (χ0v) is 13.7. The number of carbonyl (C=O) groups is 2. The summed E-state index contributed by atoms with van der Waals surface area (Å²) in [5.74, 6) is -0.336. The second-order valence-corrected chi connectivity index (χ2v) is 6.14. The van der Waals surface area contributed by atoms with Crippen LogP contribution in [0.5, 0.6) is 5.75 Å². The second kappa shape index (κ2) is 7.18. The average Bonchev–Trinajstić information content (AvgIpc) is 3.14. The Labute approximate surface area is 146 Å². The van der Waals surface area contributed by atoms with Gasteiger partial charge in [-0.1, -0.05) is 31.0 Å². The highest BCUT2D eigenvalue weighted by molar-refractivity contribution is 6.04. The van der Waals surface area contributed by atoms with E-state index in [2.05, 4.69) is 11.4 Å². The maximum absolute atomic E-state index is 12.3. The number of nitrogens with one attached hydrogen (secondary N) is 1. The van der Waals surface area contributed by atoms with Crippen molar-refractivity contribution in [3.05, 3.63) is 60.2 Å². The summed E-state index contributed by atoms with van der Waals surface area (Å²) in [6.45, 7) is 0. The summed E-state index contributed by atoms with van der Waals surface area (Å²) in [5.41, 5.74) is 0.153. The number of benzene rings is 2. The molecule has 0 bridgehead atoms. The number of amides is 1. The third-order valence-electron chi connectivity index (χ3n) is 4.42. The minimum atomic E-state index is -1.01. The Hall–Kier alpha value is -3.13. The lowest BCUT2D eigenvalue weighted by Crippen LogP contribution is -2.30. The number of esters is 1.